The molecule has 0 bridgehead atoms. The van der Waals surface area contributed by atoms with Crippen LogP contribution in [0.1, 0.15) is 15.9 Å². The lowest BCUT2D eigenvalue weighted by atomic mass is 9.99. The topological polar surface area (TPSA) is 44.1 Å². The van der Waals surface area contributed by atoms with E-state index in [2.05, 4.69) is 9.84 Å². The summed E-state index contributed by atoms with van der Waals surface area (Å²) in [7, 11) is 2.81. The van der Waals surface area contributed by atoms with E-state index in [-0.39, 0.29) is 11.1 Å². The fraction of sp³-hybridized carbons (Fsp3) is 0.231. The summed E-state index contributed by atoms with van der Waals surface area (Å²) in [6.45, 7) is 0. The quantitative estimate of drug-likeness (QED) is 0.796. The Labute approximate surface area is 112 Å². The van der Waals surface area contributed by atoms with E-state index in [4.69, 9.17) is 0 Å². The molecule has 0 aliphatic heterocycles. The molecular formula is C13H11F3N2O2. The number of alkyl halides is 3. The number of rotatable bonds is 2. The molecule has 0 aliphatic carbocycles. The molecule has 1 aromatic carbocycles. The minimum atomic E-state index is -4.48. The predicted molar refractivity (Wildman–Crippen MR) is 65.0 cm³/mol. The zero-order valence-electron chi connectivity index (χ0n) is 10.7. The van der Waals surface area contributed by atoms with Crippen molar-refractivity contribution >= 4 is 5.97 Å². The highest BCUT2D eigenvalue weighted by Crippen LogP contribution is 2.34. The molecule has 0 aliphatic rings. The van der Waals surface area contributed by atoms with Gasteiger partial charge in [0.15, 0.2) is 0 Å². The monoisotopic (exact) mass is 284 g/mol. The Hall–Kier alpha value is -2.31. The molecule has 0 saturated carbocycles. The first-order valence-electron chi connectivity index (χ1n) is 5.61. The van der Waals surface area contributed by atoms with Crippen molar-refractivity contribution in [2.75, 3.05) is 7.11 Å². The molecule has 0 amide bonds. The van der Waals surface area contributed by atoms with Gasteiger partial charge in [0.2, 0.25) is 0 Å². The van der Waals surface area contributed by atoms with E-state index in [1.807, 2.05) is 0 Å². The highest BCUT2D eigenvalue weighted by atomic mass is 19.4. The summed E-state index contributed by atoms with van der Waals surface area (Å²) in [5, 5.41) is 3.89. The van der Waals surface area contributed by atoms with Gasteiger partial charge < -0.3 is 4.74 Å². The van der Waals surface area contributed by atoms with Crippen LogP contribution in [-0.4, -0.2) is 22.9 Å². The molecule has 7 heteroatoms. The number of ether oxygens (including phenoxy) is 1. The summed E-state index contributed by atoms with van der Waals surface area (Å²) in [4.78, 5) is 11.6. The fourth-order valence-corrected chi connectivity index (χ4v) is 1.81. The molecule has 2 aromatic rings. The second kappa shape index (κ2) is 4.99. The fourth-order valence-electron chi connectivity index (χ4n) is 1.81. The van der Waals surface area contributed by atoms with Gasteiger partial charge in [-0.15, -0.1) is 0 Å². The lowest BCUT2D eigenvalue weighted by Crippen LogP contribution is -2.09. The minimum Gasteiger partial charge on any atom is -0.465 e. The molecule has 0 atom stereocenters. The average molecular weight is 284 g/mol. The van der Waals surface area contributed by atoms with Gasteiger partial charge in [0, 0.05) is 18.8 Å². The summed E-state index contributed by atoms with van der Waals surface area (Å²) in [6.07, 6.45) is -1.56. The number of methoxy groups -OCH3 is 1. The van der Waals surface area contributed by atoms with Crippen molar-refractivity contribution in [3.05, 3.63) is 41.7 Å². The molecule has 2 rings (SSSR count). The van der Waals surface area contributed by atoms with Crippen LogP contribution in [0.5, 0.6) is 0 Å². The number of benzene rings is 1. The van der Waals surface area contributed by atoms with Gasteiger partial charge in [-0.2, -0.15) is 18.3 Å². The van der Waals surface area contributed by atoms with Gasteiger partial charge in [0.1, 0.15) is 0 Å². The van der Waals surface area contributed by atoms with E-state index >= 15 is 0 Å². The lowest BCUT2D eigenvalue weighted by molar-refractivity contribution is -0.137. The summed E-state index contributed by atoms with van der Waals surface area (Å²) in [5.41, 5.74) is -0.212. The van der Waals surface area contributed by atoms with Crippen molar-refractivity contribution in [1.29, 1.82) is 0 Å². The number of nitrogens with zero attached hydrogens (tertiary/aromatic N) is 2. The van der Waals surface area contributed by atoms with Crippen LogP contribution in [0.25, 0.3) is 11.1 Å². The molecule has 0 N–H and O–H groups in total. The first-order chi connectivity index (χ1) is 9.32. The lowest BCUT2D eigenvalue weighted by Gasteiger charge is -2.11. The third kappa shape index (κ3) is 2.66. The molecular weight excluding hydrogens is 273 g/mol. The van der Waals surface area contributed by atoms with Crippen LogP contribution in [0.2, 0.25) is 0 Å². The van der Waals surface area contributed by atoms with Crippen molar-refractivity contribution in [2.24, 2.45) is 7.05 Å². The van der Waals surface area contributed by atoms with Crippen LogP contribution in [-0.2, 0) is 18.0 Å². The molecule has 20 heavy (non-hydrogen) atoms. The van der Waals surface area contributed by atoms with Crippen molar-refractivity contribution in [3.8, 4) is 11.1 Å². The molecule has 0 unspecified atom stereocenters. The normalized spacial score (nSPS) is 11.4. The Bertz CT molecular complexity index is 647. The molecule has 1 aromatic heterocycles. The van der Waals surface area contributed by atoms with E-state index in [9.17, 15) is 18.0 Å². The second-order valence-corrected chi connectivity index (χ2v) is 4.15. The molecule has 106 valence electrons. The molecule has 4 nitrogen and oxygen atoms in total. The van der Waals surface area contributed by atoms with Crippen LogP contribution in [0.4, 0.5) is 13.2 Å². The Morgan fingerprint density at radius 3 is 2.55 bits per heavy atom. The Balaban J connectivity index is 2.63. The SMILES string of the molecule is COC(=O)c1ccc(C(F)(F)F)cc1-c1cnn(C)c1. The van der Waals surface area contributed by atoms with Crippen molar-refractivity contribution < 1.29 is 22.7 Å². The Morgan fingerprint density at radius 2 is 2.05 bits per heavy atom. The van der Waals surface area contributed by atoms with Gasteiger partial charge in [0.05, 0.1) is 24.4 Å². The number of carbonyl (C=O) groups excluding carboxylic acids is 1. The number of hydrogen-bond acceptors (Lipinski definition) is 3. The number of carbonyl (C=O) groups is 1. The van der Waals surface area contributed by atoms with E-state index in [1.54, 1.807) is 7.05 Å². The van der Waals surface area contributed by atoms with Gasteiger partial charge in [-0.1, -0.05) is 0 Å². The van der Waals surface area contributed by atoms with Gasteiger partial charge in [0.25, 0.3) is 0 Å². The Morgan fingerprint density at radius 1 is 1.35 bits per heavy atom. The summed E-state index contributed by atoms with van der Waals surface area (Å²) in [5.74, 6) is -0.697. The molecule has 0 spiro atoms. The smallest absolute Gasteiger partial charge is 0.416 e. The molecule has 0 saturated heterocycles. The summed E-state index contributed by atoms with van der Waals surface area (Å²) >= 11 is 0. The van der Waals surface area contributed by atoms with Crippen LogP contribution in [0, 0.1) is 0 Å². The van der Waals surface area contributed by atoms with Gasteiger partial charge in [-0.3, -0.25) is 4.68 Å². The van der Waals surface area contributed by atoms with E-state index in [1.165, 1.54) is 24.2 Å². The third-order valence-corrected chi connectivity index (χ3v) is 2.77. The maximum Gasteiger partial charge on any atom is 0.416 e. The second-order valence-electron chi connectivity index (χ2n) is 4.15. The average Bonchev–Trinajstić information content (AvgIpc) is 2.82. The standard InChI is InChI=1S/C13H11F3N2O2/c1-18-7-8(6-17-18)11-5-9(13(14,15)16)3-4-10(11)12(19)20-2/h3-7H,1-2H3. The van der Waals surface area contributed by atoms with Gasteiger partial charge >= 0.3 is 12.1 Å². The minimum absolute atomic E-state index is 0.0634. The molecule has 1 heterocycles. The Kier molecular flexibility index (Phi) is 3.52. The van der Waals surface area contributed by atoms with E-state index in [0.29, 0.717) is 5.56 Å². The van der Waals surface area contributed by atoms with Crippen LogP contribution < -0.4 is 0 Å². The van der Waals surface area contributed by atoms with E-state index in [0.717, 1.165) is 18.2 Å². The summed E-state index contributed by atoms with van der Waals surface area (Å²) in [6, 6.07) is 2.88. The van der Waals surface area contributed by atoms with Crippen molar-refractivity contribution in [3.63, 3.8) is 0 Å². The molecule has 0 fully saturated rings. The highest BCUT2D eigenvalue weighted by molar-refractivity contribution is 5.97. The number of aromatic nitrogens is 2. The number of hydrogen-bond donors (Lipinski definition) is 0. The molecule has 0 radical (unpaired) electrons. The number of esters is 1. The van der Waals surface area contributed by atoms with Crippen LogP contribution >= 0.6 is 0 Å². The third-order valence-electron chi connectivity index (χ3n) is 2.77. The first kappa shape index (κ1) is 14.1. The van der Waals surface area contributed by atoms with Gasteiger partial charge in [-0.05, 0) is 23.8 Å². The zero-order chi connectivity index (χ0) is 14.9. The van der Waals surface area contributed by atoms with E-state index < -0.39 is 17.7 Å². The van der Waals surface area contributed by atoms with Crippen molar-refractivity contribution in [2.45, 2.75) is 6.18 Å². The maximum atomic E-state index is 12.8. The number of aryl methyl sites for hydroxylation is 1. The number of halogens is 3. The largest absolute Gasteiger partial charge is 0.465 e. The predicted octanol–water partition coefficient (Wildman–Crippen LogP) is 2.89. The maximum absolute atomic E-state index is 12.8. The highest BCUT2D eigenvalue weighted by Gasteiger charge is 2.32. The van der Waals surface area contributed by atoms with Gasteiger partial charge in [-0.25, -0.2) is 4.79 Å². The summed E-state index contributed by atoms with van der Waals surface area (Å²) < 4.78 is 44.3. The zero-order valence-corrected chi connectivity index (χ0v) is 10.7. The van der Waals surface area contributed by atoms with Crippen molar-refractivity contribution in [1.82, 2.24) is 9.78 Å². The van der Waals surface area contributed by atoms with Crippen LogP contribution in [0.15, 0.2) is 30.6 Å². The van der Waals surface area contributed by atoms with Crippen LogP contribution in [0.3, 0.4) is 0 Å². The first-order valence-corrected chi connectivity index (χ1v) is 5.61.